The Morgan fingerprint density at radius 3 is 2.46 bits per heavy atom. The molecule has 0 aliphatic heterocycles. The van der Waals surface area contributed by atoms with Gasteiger partial charge in [0.2, 0.25) is 16.0 Å². The Morgan fingerprint density at radius 1 is 1.14 bits per heavy atom. The lowest BCUT2D eigenvalue weighted by Crippen LogP contribution is -2.24. The summed E-state index contributed by atoms with van der Waals surface area (Å²) in [4.78, 5) is 13.1. The number of rotatable bonds is 7. The minimum atomic E-state index is -3.50. The Kier molecular flexibility index (Phi) is 5.97. The molecular weight excluding hydrogens is 400 g/mol. The van der Waals surface area contributed by atoms with Crippen LogP contribution in [0.4, 0.5) is 11.6 Å². The van der Waals surface area contributed by atoms with Gasteiger partial charge in [-0.2, -0.15) is 0 Å². The summed E-state index contributed by atoms with van der Waals surface area (Å²) in [6.45, 7) is 4.20. The number of halogens is 1. The molecular formula is C18H21ClN6O2S. The van der Waals surface area contributed by atoms with Gasteiger partial charge < -0.3 is 9.88 Å². The Morgan fingerprint density at radius 2 is 1.86 bits per heavy atom. The molecule has 2 N–H and O–H groups in total. The van der Waals surface area contributed by atoms with Crippen LogP contribution >= 0.6 is 11.6 Å². The first-order chi connectivity index (χ1) is 13.3. The number of hydrogen-bond acceptors (Lipinski definition) is 6. The van der Waals surface area contributed by atoms with Gasteiger partial charge in [-0.15, -0.1) is 0 Å². The Balaban J connectivity index is 1.83. The van der Waals surface area contributed by atoms with Crippen molar-refractivity contribution in [3.8, 4) is 11.4 Å². The van der Waals surface area contributed by atoms with Gasteiger partial charge in [-0.05, 0) is 37.6 Å². The predicted molar refractivity (Wildman–Crippen MR) is 109 cm³/mol. The Bertz CT molecular complexity index is 1080. The van der Waals surface area contributed by atoms with E-state index in [4.69, 9.17) is 11.6 Å². The van der Waals surface area contributed by atoms with E-state index in [0.717, 1.165) is 17.9 Å². The molecule has 2 aromatic heterocycles. The molecule has 0 saturated carbocycles. The summed E-state index contributed by atoms with van der Waals surface area (Å²) in [6.07, 6.45) is 3.95. The molecule has 0 atom stereocenters. The number of sulfonamides is 1. The summed E-state index contributed by atoms with van der Waals surface area (Å²) in [6, 6.07) is 6.38. The van der Waals surface area contributed by atoms with Crippen LogP contribution in [0.25, 0.3) is 11.4 Å². The van der Waals surface area contributed by atoms with E-state index in [1.807, 2.05) is 25.5 Å². The van der Waals surface area contributed by atoms with E-state index in [-0.39, 0.29) is 4.90 Å². The lowest BCUT2D eigenvalue weighted by molar-refractivity contribution is 0.581. The first kappa shape index (κ1) is 20.2. The first-order valence-corrected chi connectivity index (χ1v) is 10.6. The molecule has 10 heteroatoms. The van der Waals surface area contributed by atoms with Crippen LogP contribution in [0.15, 0.2) is 41.6 Å². The highest BCUT2D eigenvalue weighted by atomic mass is 35.5. The summed E-state index contributed by atoms with van der Waals surface area (Å²) in [5, 5.41) is 3.48. The van der Waals surface area contributed by atoms with Crippen LogP contribution < -0.4 is 10.0 Å². The van der Waals surface area contributed by atoms with Crippen molar-refractivity contribution in [3.63, 3.8) is 0 Å². The van der Waals surface area contributed by atoms with Gasteiger partial charge in [-0.3, -0.25) is 0 Å². The van der Waals surface area contributed by atoms with E-state index in [1.54, 1.807) is 18.3 Å². The van der Waals surface area contributed by atoms with Crippen LogP contribution in [0.1, 0.15) is 19.2 Å². The van der Waals surface area contributed by atoms with Gasteiger partial charge in [0.05, 0.1) is 28.0 Å². The monoisotopic (exact) mass is 420 g/mol. The second-order valence-electron chi connectivity index (χ2n) is 6.19. The topological polar surface area (TPSA) is 102 Å². The molecule has 28 heavy (non-hydrogen) atoms. The standard InChI is InChI=1S/C18H21ClN6O2S/c1-4-9-22-28(26,27)14-7-5-13(6-8-14)23-18-21-10-15(19)17(24-18)16-11-20-12(2)25(16)3/h5-8,10-11,22H,4,9H2,1-3H3,(H,21,23,24). The smallest absolute Gasteiger partial charge is 0.240 e. The van der Waals surface area contributed by atoms with Crippen molar-refractivity contribution in [2.75, 3.05) is 11.9 Å². The molecule has 0 aliphatic carbocycles. The van der Waals surface area contributed by atoms with Crippen LogP contribution in [0.5, 0.6) is 0 Å². The van der Waals surface area contributed by atoms with E-state index in [9.17, 15) is 8.42 Å². The zero-order valence-corrected chi connectivity index (χ0v) is 17.3. The van der Waals surface area contributed by atoms with Gasteiger partial charge in [-0.25, -0.2) is 28.1 Å². The van der Waals surface area contributed by atoms with Crippen molar-refractivity contribution in [2.45, 2.75) is 25.2 Å². The summed E-state index contributed by atoms with van der Waals surface area (Å²) in [5.74, 6) is 1.19. The third kappa shape index (κ3) is 4.32. The molecule has 0 saturated heterocycles. The number of aryl methyl sites for hydroxylation is 1. The normalized spacial score (nSPS) is 11.6. The SMILES string of the molecule is CCCNS(=O)(=O)c1ccc(Nc2ncc(Cl)c(-c3cnc(C)n3C)n2)cc1. The van der Waals surface area contributed by atoms with E-state index in [1.165, 1.54) is 18.3 Å². The summed E-state index contributed by atoms with van der Waals surface area (Å²) < 4.78 is 28.7. The maximum Gasteiger partial charge on any atom is 0.240 e. The fourth-order valence-electron chi connectivity index (χ4n) is 2.50. The van der Waals surface area contributed by atoms with Gasteiger partial charge in [0.15, 0.2) is 0 Å². The number of anilines is 2. The highest BCUT2D eigenvalue weighted by Gasteiger charge is 2.15. The maximum absolute atomic E-state index is 12.2. The van der Waals surface area contributed by atoms with Gasteiger partial charge in [-0.1, -0.05) is 18.5 Å². The predicted octanol–water partition coefficient (Wildman–Crippen LogP) is 3.27. The minimum absolute atomic E-state index is 0.203. The fourth-order valence-corrected chi connectivity index (χ4v) is 3.82. The third-order valence-corrected chi connectivity index (χ3v) is 5.92. The molecule has 1 aromatic carbocycles. The molecule has 3 aromatic rings. The number of nitrogens with one attached hydrogen (secondary N) is 2. The second-order valence-corrected chi connectivity index (χ2v) is 8.36. The number of nitrogens with zero attached hydrogens (tertiary/aromatic N) is 4. The summed E-state index contributed by atoms with van der Waals surface area (Å²) in [7, 11) is -1.62. The molecule has 8 nitrogen and oxygen atoms in total. The molecule has 0 radical (unpaired) electrons. The zero-order chi connectivity index (χ0) is 20.3. The lowest BCUT2D eigenvalue weighted by Gasteiger charge is -2.10. The van der Waals surface area contributed by atoms with E-state index in [2.05, 4.69) is 25.0 Å². The highest BCUT2D eigenvalue weighted by molar-refractivity contribution is 7.89. The molecule has 3 rings (SSSR count). The minimum Gasteiger partial charge on any atom is -0.330 e. The zero-order valence-electron chi connectivity index (χ0n) is 15.8. The average Bonchev–Trinajstić information content (AvgIpc) is 3.01. The van der Waals surface area contributed by atoms with Crippen molar-refractivity contribution < 1.29 is 8.42 Å². The van der Waals surface area contributed by atoms with E-state index < -0.39 is 10.0 Å². The molecule has 2 heterocycles. The second kappa shape index (κ2) is 8.26. The number of hydrogen-bond donors (Lipinski definition) is 2. The van der Waals surface area contributed by atoms with Gasteiger partial charge in [0.25, 0.3) is 0 Å². The average molecular weight is 421 g/mol. The van der Waals surface area contributed by atoms with Crippen molar-refractivity contribution in [1.82, 2.24) is 24.2 Å². The van der Waals surface area contributed by atoms with Crippen molar-refractivity contribution in [1.29, 1.82) is 0 Å². The summed E-state index contributed by atoms with van der Waals surface area (Å²) >= 11 is 6.26. The van der Waals surface area contributed by atoms with E-state index >= 15 is 0 Å². The molecule has 148 valence electrons. The quantitative estimate of drug-likeness (QED) is 0.608. The first-order valence-electron chi connectivity index (χ1n) is 8.70. The number of imidazole rings is 1. The van der Waals surface area contributed by atoms with Gasteiger partial charge in [0.1, 0.15) is 11.5 Å². The maximum atomic E-state index is 12.2. The molecule has 0 spiro atoms. The van der Waals surface area contributed by atoms with Crippen LogP contribution in [0.3, 0.4) is 0 Å². The highest BCUT2D eigenvalue weighted by Crippen LogP contribution is 2.27. The lowest BCUT2D eigenvalue weighted by atomic mass is 10.3. The fraction of sp³-hybridized carbons (Fsp3) is 0.278. The van der Waals surface area contributed by atoms with Crippen molar-refractivity contribution >= 4 is 33.3 Å². The van der Waals surface area contributed by atoms with Crippen LogP contribution in [-0.4, -0.2) is 34.5 Å². The molecule has 0 fully saturated rings. The Hall–Kier alpha value is -2.49. The van der Waals surface area contributed by atoms with Crippen LogP contribution in [-0.2, 0) is 17.1 Å². The van der Waals surface area contributed by atoms with E-state index in [0.29, 0.717) is 28.9 Å². The molecule has 0 aliphatic rings. The molecule has 0 bridgehead atoms. The van der Waals surface area contributed by atoms with Crippen LogP contribution in [0, 0.1) is 6.92 Å². The van der Waals surface area contributed by atoms with Crippen molar-refractivity contribution in [3.05, 3.63) is 47.5 Å². The van der Waals surface area contributed by atoms with Gasteiger partial charge in [0, 0.05) is 19.3 Å². The number of benzene rings is 1. The van der Waals surface area contributed by atoms with Crippen LogP contribution in [0.2, 0.25) is 5.02 Å². The number of aromatic nitrogens is 4. The van der Waals surface area contributed by atoms with Crippen molar-refractivity contribution in [2.24, 2.45) is 7.05 Å². The third-order valence-electron chi connectivity index (χ3n) is 4.17. The van der Waals surface area contributed by atoms with Gasteiger partial charge >= 0.3 is 0 Å². The Labute approximate surface area is 169 Å². The molecule has 0 amide bonds. The largest absolute Gasteiger partial charge is 0.330 e. The molecule has 0 unspecified atom stereocenters. The summed E-state index contributed by atoms with van der Waals surface area (Å²) in [5.41, 5.74) is 1.99.